The summed E-state index contributed by atoms with van der Waals surface area (Å²) in [6, 6.07) is 6.93. The Bertz CT molecular complexity index is 924. The molecule has 2 aromatic rings. The highest BCUT2D eigenvalue weighted by Gasteiger charge is 2.34. The van der Waals surface area contributed by atoms with Crippen LogP contribution >= 0.6 is 0 Å². The van der Waals surface area contributed by atoms with E-state index in [1.807, 2.05) is 0 Å². The lowest BCUT2D eigenvalue weighted by Crippen LogP contribution is -2.22. The first kappa shape index (κ1) is 19.9. The number of carbonyl (C=O) groups is 1. The van der Waals surface area contributed by atoms with Crippen molar-refractivity contribution in [1.29, 1.82) is 0 Å². The van der Waals surface area contributed by atoms with E-state index in [2.05, 4.69) is 5.32 Å². The number of anilines is 1. The minimum atomic E-state index is -4.90. The van der Waals surface area contributed by atoms with Gasteiger partial charge in [-0.1, -0.05) is 0 Å². The van der Waals surface area contributed by atoms with Crippen molar-refractivity contribution in [3.05, 3.63) is 59.4 Å². The van der Waals surface area contributed by atoms with Gasteiger partial charge in [0.15, 0.2) is 0 Å². The van der Waals surface area contributed by atoms with Crippen LogP contribution in [0.3, 0.4) is 0 Å². The Morgan fingerprint density at radius 1 is 1.04 bits per heavy atom. The van der Waals surface area contributed by atoms with Gasteiger partial charge in [-0.15, -0.1) is 0 Å². The lowest BCUT2D eigenvalue weighted by atomic mass is 10.1. The summed E-state index contributed by atoms with van der Waals surface area (Å²) in [6.45, 7) is 0. The normalized spacial score (nSPS) is 12.3. The molecule has 2 rings (SSSR count). The van der Waals surface area contributed by atoms with Gasteiger partial charge in [-0.3, -0.25) is 4.79 Å². The van der Waals surface area contributed by atoms with E-state index in [1.165, 1.54) is 38.4 Å². The average molecular weight is 390 g/mol. The summed E-state index contributed by atoms with van der Waals surface area (Å²) in [7, 11) is -0.970. The summed E-state index contributed by atoms with van der Waals surface area (Å²) >= 11 is 0. The van der Waals surface area contributed by atoms with E-state index in [9.17, 15) is 30.8 Å². The molecule has 0 saturated carbocycles. The summed E-state index contributed by atoms with van der Waals surface area (Å²) < 4.78 is 76.2. The number of amides is 1. The summed E-state index contributed by atoms with van der Waals surface area (Å²) in [6.07, 6.45) is -4.90. The standard InChI is InChI=1S/C16H14F4N2O3S/c1-22(2)26(24,25)12-6-3-10(4-7-12)15(23)21-11-5-8-14(17)13(9-11)16(18,19)20/h3-9H,1-2H3,(H,21,23). The smallest absolute Gasteiger partial charge is 0.322 e. The van der Waals surface area contributed by atoms with Gasteiger partial charge in [-0.2, -0.15) is 13.2 Å². The van der Waals surface area contributed by atoms with Crippen LogP contribution in [0.15, 0.2) is 47.4 Å². The van der Waals surface area contributed by atoms with Crippen molar-refractivity contribution in [2.24, 2.45) is 0 Å². The quantitative estimate of drug-likeness (QED) is 0.815. The Hall–Kier alpha value is -2.46. The van der Waals surface area contributed by atoms with Gasteiger partial charge in [0.05, 0.1) is 10.5 Å². The first-order valence-corrected chi connectivity index (χ1v) is 8.57. The molecule has 0 aromatic heterocycles. The number of nitrogens with one attached hydrogen (secondary N) is 1. The van der Waals surface area contributed by atoms with Crippen molar-refractivity contribution in [3.63, 3.8) is 0 Å². The van der Waals surface area contributed by atoms with Crippen LogP contribution in [-0.2, 0) is 16.2 Å². The lowest BCUT2D eigenvalue weighted by Gasteiger charge is -2.12. The second-order valence-corrected chi connectivity index (χ2v) is 7.61. The van der Waals surface area contributed by atoms with Gasteiger partial charge >= 0.3 is 6.18 Å². The molecule has 0 aliphatic carbocycles. The molecule has 0 fully saturated rings. The maximum absolute atomic E-state index is 13.3. The van der Waals surface area contributed by atoms with Gasteiger partial charge in [-0.05, 0) is 42.5 Å². The van der Waals surface area contributed by atoms with Crippen molar-refractivity contribution in [2.45, 2.75) is 11.1 Å². The van der Waals surface area contributed by atoms with Crippen LogP contribution < -0.4 is 5.32 Å². The van der Waals surface area contributed by atoms with Gasteiger partial charge in [0.2, 0.25) is 10.0 Å². The van der Waals surface area contributed by atoms with Crippen molar-refractivity contribution < 1.29 is 30.8 Å². The fraction of sp³-hybridized carbons (Fsp3) is 0.188. The molecule has 0 unspecified atom stereocenters. The minimum Gasteiger partial charge on any atom is -0.322 e. The zero-order valence-corrected chi connectivity index (χ0v) is 14.5. The molecule has 0 aliphatic rings. The van der Waals surface area contributed by atoms with Crippen molar-refractivity contribution >= 4 is 21.6 Å². The maximum atomic E-state index is 13.3. The molecule has 2 aromatic carbocycles. The Morgan fingerprint density at radius 3 is 2.12 bits per heavy atom. The van der Waals surface area contributed by atoms with Gasteiger partial charge < -0.3 is 5.32 Å². The Kier molecular flexibility index (Phi) is 5.38. The summed E-state index contributed by atoms with van der Waals surface area (Å²) in [4.78, 5) is 12.1. The van der Waals surface area contributed by atoms with E-state index in [0.29, 0.717) is 12.1 Å². The van der Waals surface area contributed by atoms with Gasteiger partial charge in [0.1, 0.15) is 5.82 Å². The van der Waals surface area contributed by atoms with E-state index in [0.717, 1.165) is 10.4 Å². The molecule has 0 heterocycles. The molecule has 1 amide bonds. The van der Waals surface area contributed by atoms with Crippen molar-refractivity contribution in [2.75, 3.05) is 19.4 Å². The van der Waals surface area contributed by atoms with Crippen molar-refractivity contribution in [1.82, 2.24) is 4.31 Å². The molecule has 26 heavy (non-hydrogen) atoms. The van der Waals surface area contributed by atoms with Crippen molar-refractivity contribution in [3.8, 4) is 0 Å². The first-order chi connectivity index (χ1) is 11.9. The fourth-order valence-electron chi connectivity index (χ4n) is 2.01. The van der Waals surface area contributed by atoms with Gasteiger partial charge in [0.25, 0.3) is 5.91 Å². The summed E-state index contributed by atoms with van der Waals surface area (Å²) in [5.41, 5.74) is -1.71. The topological polar surface area (TPSA) is 66.5 Å². The minimum absolute atomic E-state index is 0.0283. The molecular formula is C16H14F4N2O3S. The monoisotopic (exact) mass is 390 g/mol. The zero-order valence-electron chi connectivity index (χ0n) is 13.6. The number of alkyl halides is 3. The predicted molar refractivity (Wildman–Crippen MR) is 86.7 cm³/mol. The van der Waals surface area contributed by atoms with Crippen LogP contribution in [0.5, 0.6) is 0 Å². The number of sulfonamides is 1. The van der Waals surface area contributed by atoms with Crippen LogP contribution in [0.4, 0.5) is 23.2 Å². The van der Waals surface area contributed by atoms with E-state index in [-0.39, 0.29) is 16.1 Å². The number of hydrogen-bond acceptors (Lipinski definition) is 3. The summed E-state index contributed by atoms with van der Waals surface area (Å²) in [5.74, 6) is -2.22. The number of rotatable bonds is 4. The van der Waals surface area contributed by atoms with Crippen LogP contribution in [0.2, 0.25) is 0 Å². The highest BCUT2D eigenvalue weighted by atomic mass is 32.2. The van der Waals surface area contributed by atoms with E-state index in [4.69, 9.17) is 0 Å². The molecule has 0 radical (unpaired) electrons. The largest absolute Gasteiger partial charge is 0.419 e. The summed E-state index contributed by atoms with van der Waals surface area (Å²) in [5, 5.41) is 2.21. The highest BCUT2D eigenvalue weighted by Crippen LogP contribution is 2.33. The van der Waals surface area contributed by atoms with E-state index < -0.39 is 33.5 Å². The maximum Gasteiger partial charge on any atom is 0.419 e. The molecule has 140 valence electrons. The fourth-order valence-corrected chi connectivity index (χ4v) is 2.91. The molecule has 0 atom stereocenters. The van der Waals surface area contributed by atoms with Crippen LogP contribution in [0.25, 0.3) is 0 Å². The third kappa shape index (κ3) is 4.20. The molecular weight excluding hydrogens is 376 g/mol. The number of nitrogens with zero attached hydrogens (tertiary/aromatic N) is 1. The Labute approximate surface area is 147 Å². The van der Waals surface area contributed by atoms with E-state index >= 15 is 0 Å². The van der Waals surface area contributed by atoms with E-state index in [1.54, 1.807) is 0 Å². The second-order valence-electron chi connectivity index (χ2n) is 5.46. The molecule has 0 spiro atoms. The predicted octanol–water partition coefficient (Wildman–Crippen LogP) is 3.35. The molecule has 5 nitrogen and oxygen atoms in total. The first-order valence-electron chi connectivity index (χ1n) is 7.13. The molecule has 1 N–H and O–H groups in total. The van der Waals surface area contributed by atoms with Crippen LogP contribution in [-0.4, -0.2) is 32.7 Å². The average Bonchev–Trinajstić information content (AvgIpc) is 2.55. The third-order valence-electron chi connectivity index (χ3n) is 3.42. The molecule has 0 aliphatic heterocycles. The number of carbonyl (C=O) groups excluding carboxylic acids is 1. The second kappa shape index (κ2) is 7.04. The highest BCUT2D eigenvalue weighted by molar-refractivity contribution is 7.89. The zero-order chi connectivity index (χ0) is 19.7. The molecule has 10 heteroatoms. The number of benzene rings is 2. The molecule has 0 bridgehead atoms. The molecule has 0 saturated heterocycles. The lowest BCUT2D eigenvalue weighted by molar-refractivity contribution is -0.139. The number of hydrogen-bond donors (Lipinski definition) is 1. The Balaban J connectivity index is 2.24. The Morgan fingerprint density at radius 2 is 1.62 bits per heavy atom. The van der Waals surface area contributed by atoms with Crippen LogP contribution in [0, 0.1) is 5.82 Å². The van der Waals surface area contributed by atoms with Crippen LogP contribution in [0.1, 0.15) is 15.9 Å². The van der Waals surface area contributed by atoms with Gasteiger partial charge in [-0.25, -0.2) is 17.1 Å². The third-order valence-corrected chi connectivity index (χ3v) is 5.25. The van der Waals surface area contributed by atoms with Gasteiger partial charge in [0, 0.05) is 25.3 Å². The SMILES string of the molecule is CN(C)S(=O)(=O)c1ccc(C(=O)Nc2ccc(F)c(C(F)(F)F)c2)cc1. The number of halogens is 4.